The van der Waals surface area contributed by atoms with E-state index in [9.17, 15) is 10.0 Å². The van der Waals surface area contributed by atoms with Crippen molar-refractivity contribution >= 4 is 5.69 Å². The number of β-amino-alcohol motifs (C(OH)–C–C–N with tert-alkyl or cyclic N) is 1. The van der Waals surface area contributed by atoms with Crippen LogP contribution in [0.1, 0.15) is 51.8 Å². The van der Waals surface area contributed by atoms with Crippen LogP contribution in [0.25, 0.3) is 0 Å². The minimum atomic E-state index is -0.685. The largest absolute Gasteiger partial charge is 0.392 e. The van der Waals surface area contributed by atoms with E-state index in [0.29, 0.717) is 17.7 Å². The molecule has 5 heteroatoms. The molecule has 1 unspecified atom stereocenters. The maximum absolute atomic E-state index is 10.5. The molecule has 0 heterocycles. The third-order valence-electron chi connectivity index (χ3n) is 2.58. The van der Waals surface area contributed by atoms with Crippen molar-refractivity contribution in [3.8, 4) is 0 Å². The summed E-state index contributed by atoms with van der Waals surface area (Å²) < 4.78 is 0. The first-order valence-corrected chi connectivity index (χ1v) is 6.87. The van der Waals surface area contributed by atoms with Gasteiger partial charge in [0, 0.05) is 17.6 Å². The van der Waals surface area contributed by atoms with E-state index in [1.807, 2.05) is 34.6 Å². The summed E-state index contributed by atoms with van der Waals surface area (Å²) in [7, 11) is 0. The van der Waals surface area contributed by atoms with Gasteiger partial charge in [-0.05, 0) is 43.6 Å². The molecule has 0 amide bonds. The monoisotopic (exact) mass is 282 g/mol. The van der Waals surface area contributed by atoms with E-state index in [0.717, 1.165) is 0 Å². The number of rotatable bonds is 5. The van der Waals surface area contributed by atoms with E-state index in [4.69, 9.17) is 5.11 Å². The maximum atomic E-state index is 10.5. The van der Waals surface area contributed by atoms with Gasteiger partial charge in [-0.15, -0.1) is 4.91 Å². The fraction of sp³-hybridized carbons (Fsp3) is 0.600. The molecule has 5 nitrogen and oxygen atoms in total. The lowest BCUT2D eigenvalue weighted by Gasteiger charge is -2.23. The lowest BCUT2D eigenvalue weighted by Crippen LogP contribution is -2.38. The van der Waals surface area contributed by atoms with Crippen LogP contribution in [0.4, 0.5) is 5.69 Å². The number of hydrogen-bond donors (Lipinski definition) is 3. The molecule has 0 spiro atoms. The molecule has 0 fully saturated rings. The van der Waals surface area contributed by atoms with Crippen LogP contribution in [0.5, 0.6) is 0 Å². The molecule has 114 valence electrons. The van der Waals surface area contributed by atoms with Crippen LogP contribution >= 0.6 is 0 Å². The van der Waals surface area contributed by atoms with E-state index >= 15 is 0 Å². The molecule has 0 radical (unpaired) electrons. The van der Waals surface area contributed by atoms with Crippen molar-refractivity contribution in [1.29, 1.82) is 0 Å². The summed E-state index contributed by atoms with van der Waals surface area (Å²) in [5.74, 6) is 0. The third-order valence-corrected chi connectivity index (χ3v) is 2.58. The zero-order valence-electron chi connectivity index (χ0n) is 13.0. The van der Waals surface area contributed by atoms with E-state index in [1.165, 1.54) is 6.07 Å². The maximum Gasteiger partial charge on any atom is 0.113 e. The SMILES string of the molecule is CC.CC(C)(C)NCC(O)c1ccc(N=O)c(CO)c1. The normalized spacial score (nSPS) is 12.3. The Morgan fingerprint density at radius 1 is 1.30 bits per heavy atom. The molecule has 3 N–H and O–H groups in total. The summed E-state index contributed by atoms with van der Waals surface area (Å²) in [5, 5.41) is 25.1. The predicted octanol–water partition coefficient (Wildman–Crippen LogP) is 3.02. The van der Waals surface area contributed by atoms with E-state index in [-0.39, 0.29) is 17.8 Å². The summed E-state index contributed by atoms with van der Waals surface area (Å²) in [6.45, 7) is 10.2. The Kier molecular flexibility index (Phi) is 8.22. The second kappa shape index (κ2) is 8.79. The smallest absolute Gasteiger partial charge is 0.113 e. The number of nitroso groups, excluding NO2 is 1. The Balaban J connectivity index is 0.00000172. The van der Waals surface area contributed by atoms with Crippen LogP contribution in [0, 0.1) is 4.91 Å². The first-order valence-electron chi connectivity index (χ1n) is 6.87. The lowest BCUT2D eigenvalue weighted by molar-refractivity contribution is 0.163. The average Bonchev–Trinajstić information content (AvgIpc) is 2.45. The molecule has 0 aliphatic heterocycles. The Labute approximate surface area is 121 Å². The summed E-state index contributed by atoms with van der Waals surface area (Å²) in [5.41, 5.74) is 1.21. The van der Waals surface area contributed by atoms with Gasteiger partial charge in [0.15, 0.2) is 0 Å². The van der Waals surface area contributed by atoms with Crippen molar-refractivity contribution in [2.24, 2.45) is 5.18 Å². The summed E-state index contributed by atoms with van der Waals surface area (Å²) in [6.07, 6.45) is -0.685. The first kappa shape index (κ1) is 18.7. The molecule has 0 aliphatic carbocycles. The molecule has 0 saturated heterocycles. The number of aliphatic hydroxyl groups excluding tert-OH is 2. The fourth-order valence-electron chi connectivity index (χ4n) is 1.55. The standard InChI is InChI=1S/C13H20N2O3.C2H6/c1-13(2,3)14-7-12(17)9-4-5-11(15-18)10(6-9)8-16;1-2/h4-6,12,14,16-17H,7-8H2,1-3H3;1-2H3. The van der Waals surface area contributed by atoms with Crippen LogP contribution < -0.4 is 5.32 Å². The van der Waals surface area contributed by atoms with Gasteiger partial charge in [-0.3, -0.25) is 0 Å². The van der Waals surface area contributed by atoms with Gasteiger partial charge in [-0.2, -0.15) is 0 Å². The van der Waals surface area contributed by atoms with E-state index in [2.05, 4.69) is 10.5 Å². The molecule has 0 bridgehead atoms. The molecule has 0 saturated carbocycles. The fourth-order valence-corrected chi connectivity index (χ4v) is 1.55. The quantitative estimate of drug-likeness (QED) is 0.725. The summed E-state index contributed by atoms with van der Waals surface area (Å²) in [6, 6.07) is 4.75. The molecule has 0 aromatic heterocycles. The van der Waals surface area contributed by atoms with Gasteiger partial charge in [0.2, 0.25) is 0 Å². The number of aliphatic hydroxyl groups is 2. The number of benzene rings is 1. The summed E-state index contributed by atoms with van der Waals surface area (Å²) >= 11 is 0. The van der Waals surface area contributed by atoms with Gasteiger partial charge in [0.1, 0.15) is 5.69 Å². The highest BCUT2D eigenvalue weighted by Crippen LogP contribution is 2.23. The zero-order chi connectivity index (χ0) is 15.8. The van der Waals surface area contributed by atoms with E-state index in [1.54, 1.807) is 12.1 Å². The van der Waals surface area contributed by atoms with Crippen molar-refractivity contribution < 1.29 is 10.2 Å². The van der Waals surface area contributed by atoms with Gasteiger partial charge in [-0.25, -0.2) is 0 Å². The van der Waals surface area contributed by atoms with Gasteiger partial charge in [-0.1, -0.05) is 19.9 Å². The number of hydrogen-bond acceptors (Lipinski definition) is 5. The van der Waals surface area contributed by atoms with Crippen LogP contribution in [0.15, 0.2) is 23.4 Å². The first-order chi connectivity index (χ1) is 9.37. The van der Waals surface area contributed by atoms with Crippen LogP contribution in [0.2, 0.25) is 0 Å². The van der Waals surface area contributed by atoms with E-state index < -0.39 is 6.10 Å². The molecule has 1 aromatic carbocycles. The molecular formula is C15H26N2O3. The molecule has 1 rings (SSSR count). The zero-order valence-corrected chi connectivity index (χ0v) is 13.0. The Bertz CT molecular complexity index is 414. The molecule has 20 heavy (non-hydrogen) atoms. The molecule has 1 atom stereocenters. The second-order valence-corrected chi connectivity index (χ2v) is 5.28. The van der Waals surface area contributed by atoms with Gasteiger partial charge < -0.3 is 15.5 Å². The number of nitrogens with one attached hydrogen (secondary N) is 1. The lowest BCUT2D eigenvalue weighted by atomic mass is 10.0. The van der Waals surface area contributed by atoms with Crippen molar-refractivity contribution in [2.45, 2.75) is 52.9 Å². The van der Waals surface area contributed by atoms with Crippen molar-refractivity contribution in [3.63, 3.8) is 0 Å². The summed E-state index contributed by atoms with van der Waals surface area (Å²) in [4.78, 5) is 10.5. The predicted molar refractivity (Wildman–Crippen MR) is 81.9 cm³/mol. The van der Waals surface area contributed by atoms with Gasteiger partial charge in [0.05, 0.1) is 12.7 Å². The highest BCUT2D eigenvalue weighted by molar-refractivity contribution is 5.47. The Morgan fingerprint density at radius 3 is 2.35 bits per heavy atom. The third kappa shape index (κ3) is 6.23. The van der Waals surface area contributed by atoms with Gasteiger partial charge >= 0.3 is 0 Å². The number of nitrogens with zero attached hydrogens (tertiary/aromatic N) is 1. The highest BCUT2D eigenvalue weighted by Gasteiger charge is 2.14. The van der Waals surface area contributed by atoms with Crippen LogP contribution in [0.3, 0.4) is 0 Å². The molecule has 1 aromatic rings. The van der Waals surface area contributed by atoms with Crippen molar-refractivity contribution in [1.82, 2.24) is 5.32 Å². The highest BCUT2D eigenvalue weighted by atomic mass is 16.3. The van der Waals surface area contributed by atoms with Gasteiger partial charge in [0.25, 0.3) is 0 Å². The van der Waals surface area contributed by atoms with Crippen molar-refractivity contribution in [2.75, 3.05) is 6.54 Å². The molecular weight excluding hydrogens is 256 g/mol. The Hall–Kier alpha value is -1.30. The topological polar surface area (TPSA) is 81.9 Å². The van der Waals surface area contributed by atoms with Crippen LogP contribution in [-0.4, -0.2) is 22.3 Å². The molecule has 0 aliphatic rings. The van der Waals surface area contributed by atoms with Crippen LogP contribution in [-0.2, 0) is 6.61 Å². The average molecular weight is 282 g/mol. The minimum absolute atomic E-state index is 0.0783. The Morgan fingerprint density at radius 2 is 1.90 bits per heavy atom. The van der Waals surface area contributed by atoms with Crippen molar-refractivity contribution in [3.05, 3.63) is 34.2 Å². The second-order valence-electron chi connectivity index (χ2n) is 5.28. The minimum Gasteiger partial charge on any atom is -0.392 e.